The quantitative estimate of drug-likeness (QED) is 0.164. The number of ether oxygens (including phenoxy) is 1. The van der Waals surface area contributed by atoms with E-state index in [0.717, 1.165) is 22.9 Å². The molecule has 0 saturated carbocycles. The van der Waals surface area contributed by atoms with Crippen LogP contribution in [0, 0.1) is 0 Å². The molecule has 2 aromatic heterocycles. The Balaban J connectivity index is 1.08. The molecular weight excluding hydrogens is 958 g/mol. The minimum atomic E-state index is -0.0592. The van der Waals surface area contributed by atoms with Gasteiger partial charge in [-0.15, -0.1) is 0 Å². The molecule has 4 aliphatic heterocycles. The summed E-state index contributed by atoms with van der Waals surface area (Å²) < 4.78 is 12.9. The van der Waals surface area contributed by atoms with E-state index in [1.54, 1.807) is 0 Å². The zero-order valence-corrected chi connectivity index (χ0v) is 39.9. The Morgan fingerprint density at radius 2 is 0.824 bits per heavy atom. The van der Waals surface area contributed by atoms with Gasteiger partial charge in [-0.2, -0.15) is 0 Å². The van der Waals surface area contributed by atoms with Gasteiger partial charge in [0.15, 0.2) is 0 Å². The summed E-state index contributed by atoms with van der Waals surface area (Å²) in [5.74, 6) is 1.95. The van der Waals surface area contributed by atoms with Crippen molar-refractivity contribution in [3.8, 4) is 11.5 Å². The molecule has 0 spiro atoms. The summed E-state index contributed by atoms with van der Waals surface area (Å²) in [6.07, 6.45) is 0. The maximum absolute atomic E-state index is 7.27. The van der Waals surface area contributed by atoms with Gasteiger partial charge in [0, 0.05) is 0 Å². The van der Waals surface area contributed by atoms with E-state index in [2.05, 4.69) is 227 Å². The van der Waals surface area contributed by atoms with Crippen molar-refractivity contribution in [2.75, 3.05) is 14.7 Å². The molecular formula is C60H35B2N3OSe2. The van der Waals surface area contributed by atoms with Crippen LogP contribution in [0.4, 0.5) is 51.2 Å². The van der Waals surface area contributed by atoms with Crippen LogP contribution in [0.25, 0.3) is 38.6 Å². The number of hydrogen-bond donors (Lipinski definition) is 0. The van der Waals surface area contributed by atoms with E-state index >= 15 is 0 Å². The van der Waals surface area contributed by atoms with E-state index in [0.29, 0.717) is 0 Å². The third-order valence-corrected chi connectivity index (χ3v) is 19.5. The standard InChI is InChI=1S/C60H35B2N3OSe2/c1-4-18-36(19-5-1)63-45-28-14-12-26-41(45)61-44-32-43-46(33-47(44)65(38-22-8-3-9-23-38)59-55-39-24-10-16-30-51(39)67-53(55)34-48(63)57(59)61)64(37-20-6-2-7-21-37)49-35-54-56(40-25-11-17-31-52(40)68-54)60-58(49)62(43)42-27-13-15-29-50(42)66-60/h1-35H. The molecule has 4 nitrogen and oxygen atoms in total. The Kier molecular flexibility index (Phi) is 7.78. The molecule has 0 radical (unpaired) electrons. The van der Waals surface area contributed by atoms with Crippen molar-refractivity contribution < 1.29 is 4.74 Å². The van der Waals surface area contributed by atoms with Crippen molar-refractivity contribution in [2.45, 2.75) is 0 Å². The number of anilines is 9. The summed E-state index contributed by atoms with van der Waals surface area (Å²) in [7, 11) is 0. The molecule has 0 N–H and O–H groups in total. The van der Waals surface area contributed by atoms with Crippen LogP contribution in [0.3, 0.4) is 0 Å². The van der Waals surface area contributed by atoms with Crippen LogP contribution in [0.5, 0.6) is 11.5 Å². The zero-order valence-electron chi connectivity index (χ0n) is 36.4. The fraction of sp³-hybridized carbons (Fsp3) is 0. The van der Waals surface area contributed by atoms with Crippen LogP contribution < -0.4 is 52.2 Å². The molecule has 68 heavy (non-hydrogen) atoms. The van der Waals surface area contributed by atoms with Gasteiger partial charge in [-0.3, -0.25) is 0 Å². The third-order valence-electron chi connectivity index (χ3n) is 14.8. The van der Waals surface area contributed by atoms with E-state index < -0.39 is 0 Å². The third kappa shape index (κ3) is 5.02. The van der Waals surface area contributed by atoms with Crippen molar-refractivity contribution in [1.29, 1.82) is 0 Å². The van der Waals surface area contributed by atoms with E-state index in [4.69, 9.17) is 4.74 Å². The second-order valence-electron chi connectivity index (χ2n) is 18.3. The first-order chi connectivity index (χ1) is 33.8. The molecule has 0 aliphatic carbocycles. The Morgan fingerprint density at radius 3 is 1.50 bits per heavy atom. The van der Waals surface area contributed by atoms with Crippen LogP contribution in [0.1, 0.15) is 0 Å². The minimum absolute atomic E-state index is 0.0438. The number of rotatable bonds is 3. The number of para-hydroxylation sites is 5. The second-order valence-corrected chi connectivity index (χ2v) is 22.8. The van der Waals surface area contributed by atoms with E-state index in [-0.39, 0.29) is 42.4 Å². The summed E-state index contributed by atoms with van der Waals surface area (Å²) in [4.78, 5) is 7.75. The molecule has 0 unspecified atom stereocenters. The second kappa shape index (κ2) is 14.1. The SMILES string of the molecule is c1ccc(N2c3cc4c(cc3B3c5ccccc5Oc5c3c2cc2[se]c3ccccc3c52)B2c3ccccc3N(c3ccccc3)c3cc5[se]c6ccccc6c5c(c32)N4c2ccccc2)cc1. The average Bonchev–Trinajstić information content (AvgIpc) is 3.97. The fourth-order valence-corrected chi connectivity index (χ4v) is 17.0. The molecule has 0 atom stereocenters. The van der Waals surface area contributed by atoms with E-state index in [1.165, 1.54) is 111 Å². The van der Waals surface area contributed by atoms with Crippen LogP contribution >= 0.6 is 0 Å². The summed E-state index contributed by atoms with van der Waals surface area (Å²) in [6, 6.07) is 79.6. The normalized spacial score (nSPS) is 13.9. The maximum atomic E-state index is 7.27. The number of hydrogen-bond acceptors (Lipinski definition) is 4. The van der Waals surface area contributed by atoms with Crippen LogP contribution in [-0.4, -0.2) is 42.4 Å². The Morgan fingerprint density at radius 1 is 0.338 bits per heavy atom. The molecule has 4 aliphatic rings. The van der Waals surface area contributed by atoms with Gasteiger partial charge >= 0.3 is 408 Å². The van der Waals surface area contributed by atoms with E-state index in [9.17, 15) is 0 Å². The summed E-state index contributed by atoms with van der Waals surface area (Å²) in [5, 5.41) is 5.30. The summed E-state index contributed by atoms with van der Waals surface area (Å²) >= 11 is 0.269. The molecule has 8 heteroatoms. The van der Waals surface area contributed by atoms with Crippen molar-refractivity contribution in [2.24, 2.45) is 0 Å². The molecule has 0 amide bonds. The van der Waals surface area contributed by atoms with E-state index in [1.807, 2.05) is 0 Å². The van der Waals surface area contributed by atoms with Crippen molar-refractivity contribution in [3.05, 3.63) is 212 Å². The molecule has 314 valence electrons. The molecule has 12 aromatic rings. The zero-order chi connectivity index (χ0) is 44.2. The van der Waals surface area contributed by atoms with Gasteiger partial charge in [0.25, 0.3) is 0 Å². The Hall–Kier alpha value is -7.43. The molecule has 6 heterocycles. The van der Waals surface area contributed by atoms with Gasteiger partial charge in [-0.1, -0.05) is 0 Å². The van der Waals surface area contributed by atoms with Crippen LogP contribution in [0.2, 0.25) is 0 Å². The molecule has 0 saturated heterocycles. The molecule has 16 rings (SSSR count). The van der Waals surface area contributed by atoms with Crippen LogP contribution in [-0.2, 0) is 0 Å². The first kappa shape index (κ1) is 37.6. The van der Waals surface area contributed by atoms with Gasteiger partial charge in [-0.05, 0) is 0 Å². The number of fused-ring (bicyclic) bond motifs is 16. The molecule has 0 bridgehead atoms. The van der Waals surface area contributed by atoms with Gasteiger partial charge in [0.1, 0.15) is 0 Å². The van der Waals surface area contributed by atoms with Gasteiger partial charge < -0.3 is 0 Å². The topological polar surface area (TPSA) is 19.0 Å². The molecule has 10 aromatic carbocycles. The summed E-state index contributed by atoms with van der Waals surface area (Å²) in [5.41, 5.74) is 18.6. The van der Waals surface area contributed by atoms with Crippen molar-refractivity contribution >= 4 is 165 Å². The van der Waals surface area contributed by atoms with Crippen LogP contribution in [0.15, 0.2) is 212 Å². The molecule has 0 fully saturated rings. The van der Waals surface area contributed by atoms with Crippen molar-refractivity contribution in [3.63, 3.8) is 0 Å². The monoisotopic (exact) mass is 995 g/mol. The Bertz CT molecular complexity index is 4120. The predicted molar refractivity (Wildman–Crippen MR) is 290 cm³/mol. The summed E-state index contributed by atoms with van der Waals surface area (Å²) in [6.45, 7) is -0.103. The van der Waals surface area contributed by atoms with Gasteiger partial charge in [0.2, 0.25) is 0 Å². The van der Waals surface area contributed by atoms with Gasteiger partial charge in [0.05, 0.1) is 0 Å². The average molecular weight is 994 g/mol. The van der Waals surface area contributed by atoms with Crippen molar-refractivity contribution in [1.82, 2.24) is 0 Å². The fourth-order valence-electron chi connectivity index (χ4n) is 12.2. The predicted octanol–water partition coefficient (Wildman–Crippen LogP) is 10.9. The Labute approximate surface area is 405 Å². The first-order valence-corrected chi connectivity index (χ1v) is 26.7. The first-order valence-electron chi connectivity index (χ1n) is 23.3. The number of benzene rings is 10. The van der Waals surface area contributed by atoms with Gasteiger partial charge in [-0.25, -0.2) is 0 Å². The number of nitrogens with zero attached hydrogens (tertiary/aromatic N) is 3.